The first-order valence-corrected chi connectivity index (χ1v) is 7.32. The summed E-state index contributed by atoms with van der Waals surface area (Å²) in [6.45, 7) is 6.53. The second-order valence-electron chi connectivity index (χ2n) is 4.43. The van der Waals surface area contributed by atoms with Crippen LogP contribution in [0.25, 0.3) is 0 Å². The summed E-state index contributed by atoms with van der Waals surface area (Å²) in [6, 6.07) is -0.405. The van der Waals surface area contributed by atoms with E-state index in [0.29, 0.717) is 18.9 Å². The summed E-state index contributed by atoms with van der Waals surface area (Å²) in [5.74, 6) is -0.0122. The molecule has 1 unspecified atom stereocenters. The third kappa shape index (κ3) is 6.29. The number of rotatable bonds is 9. The fraction of sp³-hybridized carbons (Fsp3) is 0.846. The molecule has 0 aliphatic carbocycles. The quantitative estimate of drug-likeness (QED) is 0.625. The van der Waals surface area contributed by atoms with E-state index >= 15 is 0 Å². The number of ether oxygens (including phenoxy) is 1. The lowest BCUT2D eigenvalue weighted by atomic mass is 10.1. The highest BCUT2D eigenvalue weighted by Gasteiger charge is 2.27. The molecule has 0 saturated heterocycles. The van der Waals surface area contributed by atoms with Crippen LogP contribution < -0.4 is 5.32 Å². The normalized spacial score (nSPS) is 12.3. The maximum Gasteiger partial charge on any atom is 0.246 e. The second kappa shape index (κ2) is 10.1. The Morgan fingerprint density at radius 3 is 2.26 bits per heavy atom. The molecule has 0 bridgehead atoms. The molecule has 0 heterocycles. The number of hydrogen-bond acceptors (Lipinski definition) is 4. The average molecular weight is 290 g/mol. The molecule has 0 radical (unpaired) electrons. The van der Waals surface area contributed by atoms with E-state index in [0.717, 1.165) is 12.8 Å². The van der Waals surface area contributed by atoms with Crippen molar-refractivity contribution in [3.63, 3.8) is 0 Å². The largest absolute Gasteiger partial charge is 0.383 e. The lowest BCUT2D eigenvalue weighted by molar-refractivity contribution is -0.138. The van der Waals surface area contributed by atoms with Crippen molar-refractivity contribution in [2.75, 3.05) is 26.0 Å². The van der Waals surface area contributed by atoms with Crippen LogP contribution >= 0.6 is 12.6 Å². The summed E-state index contributed by atoms with van der Waals surface area (Å²) in [6.07, 6.45) is 1.76. The van der Waals surface area contributed by atoms with E-state index in [4.69, 9.17) is 4.74 Å². The average Bonchev–Trinajstić information content (AvgIpc) is 2.39. The topological polar surface area (TPSA) is 58.6 Å². The molecule has 19 heavy (non-hydrogen) atoms. The van der Waals surface area contributed by atoms with Gasteiger partial charge < -0.3 is 15.0 Å². The van der Waals surface area contributed by atoms with Gasteiger partial charge in [0.2, 0.25) is 11.8 Å². The van der Waals surface area contributed by atoms with Gasteiger partial charge in [-0.05, 0) is 12.8 Å². The number of hydrogen-bond donors (Lipinski definition) is 2. The van der Waals surface area contributed by atoms with Gasteiger partial charge in [-0.15, -0.1) is 0 Å². The van der Waals surface area contributed by atoms with Gasteiger partial charge in [0.05, 0.1) is 6.61 Å². The van der Waals surface area contributed by atoms with Crippen LogP contribution in [0.4, 0.5) is 0 Å². The number of carbonyl (C=O) groups is 2. The van der Waals surface area contributed by atoms with E-state index in [9.17, 15) is 9.59 Å². The molecular formula is C13H26N2O3S. The molecule has 0 spiro atoms. The number of nitrogens with zero attached hydrogens (tertiary/aromatic N) is 1. The number of carbonyl (C=O) groups excluding carboxylic acids is 2. The summed E-state index contributed by atoms with van der Waals surface area (Å²) >= 11 is 4.15. The maximum absolute atomic E-state index is 12.5. The van der Waals surface area contributed by atoms with Gasteiger partial charge in [0, 0.05) is 32.4 Å². The number of methoxy groups -OCH3 is 1. The Morgan fingerprint density at radius 2 is 1.89 bits per heavy atom. The van der Waals surface area contributed by atoms with E-state index in [2.05, 4.69) is 31.8 Å². The van der Waals surface area contributed by atoms with Crippen LogP contribution in [0.5, 0.6) is 0 Å². The van der Waals surface area contributed by atoms with Crippen molar-refractivity contribution in [1.29, 1.82) is 0 Å². The maximum atomic E-state index is 12.5. The summed E-state index contributed by atoms with van der Waals surface area (Å²) in [5, 5.41) is 2.64. The van der Waals surface area contributed by atoms with Crippen molar-refractivity contribution in [2.24, 2.45) is 0 Å². The molecule has 0 aliphatic heterocycles. The highest BCUT2D eigenvalue weighted by atomic mass is 32.1. The Bertz CT molecular complexity index is 283. The van der Waals surface area contributed by atoms with Crippen LogP contribution in [-0.4, -0.2) is 54.8 Å². The molecule has 2 amide bonds. The lowest BCUT2D eigenvalue weighted by Crippen LogP contribution is -2.53. The fourth-order valence-corrected chi connectivity index (χ4v) is 2.27. The zero-order valence-electron chi connectivity index (χ0n) is 12.3. The minimum Gasteiger partial charge on any atom is -0.383 e. The molecule has 0 rings (SSSR count). The van der Waals surface area contributed by atoms with Crippen LogP contribution in [-0.2, 0) is 14.3 Å². The fourth-order valence-electron chi connectivity index (χ4n) is 2.02. The van der Waals surface area contributed by atoms with Crippen molar-refractivity contribution in [2.45, 2.75) is 45.7 Å². The van der Waals surface area contributed by atoms with Gasteiger partial charge in [0.25, 0.3) is 0 Å². The van der Waals surface area contributed by atoms with Crippen LogP contribution in [0.15, 0.2) is 0 Å². The Hall–Kier alpha value is -0.750. The van der Waals surface area contributed by atoms with E-state index in [-0.39, 0.29) is 17.9 Å². The molecule has 0 aromatic rings. The van der Waals surface area contributed by atoms with E-state index < -0.39 is 6.04 Å². The van der Waals surface area contributed by atoms with Crippen molar-refractivity contribution in [1.82, 2.24) is 10.2 Å². The van der Waals surface area contributed by atoms with Gasteiger partial charge in [-0.1, -0.05) is 13.8 Å². The molecule has 1 atom stereocenters. The third-order valence-electron chi connectivity index (χ3n) is 3.06. The van der Waals surface area contributed by atoms with E-state index in [1.165, 1.54) is 6.92 Å². The van der Waals surface area contributed by atoms with Crippen molar-refractivity contribution < 1.29 is 14.3 Å². The summed E-state index contributed by atoms with van der Waals surface area (Å²) < 4.78 is 5.06. The first-order chi connectivity index (χ1) is 9.01. The Labute approximate surface area is 121 Å². The smallest absolute Gasteiger partial charge is 0.246 e. The number of nitrogens with one attached hydrogen (secondary N) is 1. The van der Waals surface area contributed by atoms with Gasteiger partial charge in [0.1, 0.15) is 6.04 Å². The minimum atomic E-state index is -0.571. The Kier molecular flexibility index (Phi) is 9.69. The van der Waals surface area contributed by atoms with Crippen LogP contribution in [0.3, 0.4) is 0 Å². The zero-order valence-corrected chi connectivity index (χ0v) is 13.2. The molecule has 0 saturated carbocycles. The SMILES string of the molecule is CCC(CC)N(CCOC)C(=O)C(CS)NC(C)=O. The molecule has 0 aromatic heterocycles. The monoisotopic (exact) mass is 290 g/mol. The predicted octanol–water partition coefficient (Wildman–Crippen LogP) is 1.08. The molecule has 0 aromatic carbocycles. The summed E-state index contributed by atoms with van der Waals surface area (Å²) in [7, 11) is 1.61. The third-order valence-corrected chi connectivity index (χ3v) is 3.43. The molecular weight excluding hydrogens is 264 g/mol. The van der Waals surface area contributed by atoms with Crippen molar-refractivity contribution in [3.05, 3.63) is 0 Å². The molecule has 0 aliphatic rings. The summed E-state index contributed by atoms with van der Waals surface area (Å²) in [5.41, 5.74) is 0. The lowest BCUT2D eigenvalue weighted by Gasteiger charge is -2.33. The molecule has 5 nitrogen and oxygen atoms in total. The Balaban J connectivity index is 4.88. The van der Waals surface area contributed by atoms with E-state index in [1.807, 2.05) is 0 Å². The molecule has 1 N–H and O–H groups in total. The first-order valence-electron chi connectivity index (χ1n) is 6.69. The van der Waals surface area contributed by atoms with Gasteiger partial charge in [-0.3, -0.25) is 9.59 Å². The van der Waals surface area contributed by atoms with E-state index in [1.54, 1.807) is 12.0 Å². The van der Waals surface area contributed by atoms with Crippen LogP contribution in [0.2, 0.25) is 0 Å². The van der Waals surface area contributed by atoms with Crippen LogP contribution in [0.1, 0.15) is 33.6 Å². The standard InChI is InChI=1S/C13H26N2O3S/c1-5-11(6-2)15(7-8-18-4)13(17)12(9-19)14-10(3)16/h11-12,19H,5-9H2,1-4H3,(H,14,16). The van der Waals surface area contributed by atoms with Gasteiger partial charge in [-0.25, -0.2) is 0 Å². The van der Waals surface area contributed by atoms with Gasteiger partial charge in [-0.2, -0.15) is 12.6 Å². The zero-order chi connectivity index (χ0) is 14.8. The molecule has 6 heteroatoms. The summed E-state index contributed by atoms with van der Waals surface area (Å²) in [4.78, 5) is 25.4. The number of thiol groups is 1. The van der Waals surface area contributed by atoms with Crippen molar-refractivity contribution in [3.8, 4) is 0 Å². The second-order valence-corrected chi connectivity index (χ2v) is 4.80. The molecule has 0 fully saturated rings. The predicted molar refractivity (Wildman–Crippen MR) is 79.4 cm³/mol. The van der Waals surface area contributed by atoms with Gasteiger partial charge in [0.15, 0.2) is 0 Å². The Morgan fingerprint density at radius 1 is 1.32 bits per heavy atom. The highest BCUT2D eigenvalue weighted by Crippen LogP contribution is 2.11. The van der Waals surface area contributed by atoms with Crippen LogP contribution in [0, 0.1) is 0 Å². The minimum absolute atomic E-state index is 0.0871. The van der Waals surface area contributed by atoms with Gasteiger partial charge >= 0.3 is 0 Å². The highest BCUT2D eigenvalue weighted by molar-refractivity contribution is 7.80. The first kappa shape index (κ1) is 18.2. The number of amides is 2. The van der Waals surface area contributed by atoms with Crippen molar-refractivity contribution >= 4 is 24.4 Å². The molecule has 112 valence electrons.